The van der Waals surface area contributed by atoms with E-state index in [2.05, 4.69) is 26.1 Å². The SMILES string of the molecule is CC(C)CCC(C)Nc1ccc([N+](=O)[O-])cc1. The fraction of sp³-hybridized carbons (Fsp3) is 0.538. The molecule has 0 fully saturated rings. The smallest absolute Gasteiger partial charge is 0.269 e. The summed E-state index contributed by atoms with van der Waals surface area (Å²) in [5.74, 6) is 0.705. The Labute approximate surface area is 102 Å². The number of nitrogens with zero attached hydrogens (tertiary/aromatic N) is 1. The van der Waals surface area contributed by atoms with Crippen molar-refractivity contribution in [1.29, 1.82) is 0 Å². The molecule has 0 amide bonds. The maximum atomic E-state index is 10.5. The average Bonchev–Trinajstić information content (AvgIpc) is 2.27. The molecule has 4 nitrogen and oxygen atoms in total. The van der Waals surface area contributed by atoms with Gasteiger partial charge in [-0.2, -0.15) is 0 Å². The van der Waals surface area contributed by atoms with Crippen molar-refractivity contribution >= 4 is 11.4 Å². The molecule has 0 aliphatic rings. The highest BCUT2D eigenvalue weighted by Gasteiger charge is 2.06. The fourth-order valence-corrected chi connectivity index (χ4v) is 1.62. The molecule has 0 aliphatic carbocycles. The van der Waals surface area contributed by atoms with Gasteiger partial charge in [0.1, 0.15) is 0 Å². The summed E-state index contributed by atoms with van der Waals surface area (Å²) >= 11 is 0. The highest BCUT2D eigenvalue weighted by Crippen LogP contribution is 2.17. The van der Waals surface area contributed by atoms with Gasteiger partial charge in [-0.25, -0.2) is 0 Å². The van der Waals surface area contributed by atoms with Gasteiger partial charge in [0.25, 0.3) is 5.69 Å². The summed E-state index contributed by atoms with van der Waals surface area (Å²) in [5.41, 5.74) is 1.07. The Morgan fingerprint density at radius 3 is 2.24 bits per heavy atom. The van der Waals surface area contributed by atoms with E-state index >= 15 is 0 Å². The van der Waals surface area contributed by atoms with Crippen molar-refractivity contribution in [3.8, 4) is 0 Å². The van der Waals surface area contributed by atoms with Crippen molar-refractivity contribution in [3.63, 3.8) is 0 Å². The van der Waals surface area contributed by atoms with Crippen LogP contribution in [0.15, 0.2) is 24.3 Å². The standard InChI is InChI=1S/C13H20N2O2/c1-10(2)4-5-11(3)14-12-6-8-13(9-7-12)15(16)17/h6-11,14H,4-5H2,1-3H3. The first-order chi connectivity index (χ1) is 7.99. The van der Waals surface area contributed by atoms with Crippen molar-refractivity contribution in [3.05, 3.63) is 34.4 Å². The van der Waals surface area contributed by atoms with E-state index in [1.165, 1.54) is 18.6 Å². The largest absolute Gasteiger partial charge is 0.383 e. The fourth-order valence-electron chi connectivity index (χ4n) is 1.62. The number of non-ortho nitro benzene ring substituents is 1. The number of rotatable bonds is 6. The van der Waals surface area contributed by atoms with Gasteiger partial charge in [0.15, 0.2) is 0 Å². The summed E-state index contributed by atoms with van der Waals surface area (Å²) in [7, 11) is 0. The summed E-state index contributed by atoms with van der Waals surface area (Å²) in [6, 6.07) is 6.95. The third kappa shape index (κ3) is 4.85. The van der Waals surface area contributed by atoms with Gasteiger partial charge < -0.3 is 5.32 Å². The lowest BCUT2D eigenvalue weighted by Crippen LogP contribution is -2.15. The number of nitrogens with one attached hydrogen (secondary N) is 1. The summed E-state index contributed by atoms with van der Waals surface area (Å²) in [6.07, 6.45) is 2.29. The topological polar surface area (TPSA) is 55.2 Å². The molecule has 1 aromatic rings. The lowest BCUT2D eigenvalue weighted by Gasteiger charge is -2.16. The summed E-state index contributed by atoms with van der Waals surface area (Å²) in [5, 5.41) is 13.8. The van der Waals surface area contributed by atoms with Crippen LogP contribution in [0.4, 0.5) is 11.4 Å². The van der Waals surface area contributed by atoms with E-state index in [-0.39, 0.29) is 10.6 Å². The van der Waals surface area contributed by atoms with Crippen LogP contribution < -0.4 is 5.32 Å². The average molecular weight is 236 g/mol. The van der Waals surface area contributed by atoms with Crippen LogP contribution in [0.2, 0.25) is 0 Å². The molecule has 1 aromatic carbocycles. The first-order valence-corrected chi connectivity index (χ1v) is 6.00. The van der Waals surface area contributed by atoms with Crippen LogP contribution in [0, 0.1) is 16.0 Å². The first kappa shape index (κ1) is 13.5. The second kappa shape index (κ2) is 6.23. The van der Waals surface area contributed by atoms with E-state index in [1.54, 1.807) is 12.1 Å². The minimum absolute atomic E-state index is 0.130. The molecule has 0 saturated heterocycles. The number of anilines is 1. The van der Waals surface area contributed by atoms with E-state index in [0.29, 0.717) is 12.0 Å². The van der Waals surface area contributed by atoms with Crippen molar-refractivity contribution < 1.29 is 4.92 Å². The lowest BCUT2D eigenvalue weighted by molar-refractivity contribution is -0.384. The zero-order valence-electron chi connectivity index (χ0n) is 10.6. The molecule has 1 rings (SSSR count). The highest BCUT2D eigenvalue weighted by molar-refractivity contribution is 5.48. The van der Waals surface area contributed by atoms with Gasteiger partial charge in [-0.3, -0.25) is 10.1 Å². The Morgan fingerprint density at radius 2 is 1.76 bits per heavy atom. The van der Waals surface area contributed by atoms with Gasteiger partial charge in [-0.1, -0.05) is 13.8 Å². The van der Waals surface area contributed by atoms with Crippen LogP contribution in [0.3, 0.4) is 0 Å². The zero-order valence-corrected chi connectivity index (χ0v) is 10.6. The molecule has 0 bridgehead atoms. The number of benzene rings is 1. The van der Waals surface area contributed by atoms with Crippen LogP contribution in [0.5, 0.6) is 0 Å². The molecule has 0 aromatic heterocycles. The van der Waals surface area contributed by atoms with E-state index < -0.39 is 0 Å². The lowest BCUT2D eigenvalue weighted by atomic mass is 10.0. The second-order valence-corrected chi connectivity index (χ2v) is 4.82. The molecule has 17 heavy (non-hydrogen) atoms. The number of nitro benzene ring substituents is 1. The van der Waals surface area contributed by atoms with Gasteiger partial charge >= 0.3 is 0 Å². The number of nitro groups is 1. The van der Waals surface area contributed by atoms with Gasteiger partial charge in [-0.05, 0) is 37.8 Å². The number of hydrogen-bond acceptors (Lipinski definition) is 3. The monoisotopic (exact) mass is 236 g/mol. The molecule has 0 spiro atoms. The van der Waals surface area contributed by atoms with Crippen LogP contribution >= 0.6 is 0 Å². The Hall–Kier alpha value is -1.58. The quantitative estimate of drug-likeness (QED) is 0.603. The predicted octanol–water partition coefficient (Wildman–Crippen LogP) is 3.83. The zero-order chi connectivity index (χ0) is 12.8. The number of hydrogen-bond donors (Lipinski definition) is 1. The van der Waals surface area contributed by atoms with Crippen LogP contribution in [-0.4, -0.2) is 11.0 Å². The van der Waals surface area contributed by atoms with E-state index in [4.69, 9.17) is 0 Å². The molecule has 0 aliphatic heterocycles. The molecule has 94 valence electrons. The summed E-state index contributed by atoms with van der Waals surface area (Å²) < 4.78 is 0. The molecule has 1 N–H and O–H groups in total. The normalized spacial score (nSPS) is 12.5. The summed E-state index contributed by atoms with van der Waals surface area (Å²) in [6.45, 7) is 6.54. The maximum Gasteiger partial charge on any atom is 0.269 e. The Morgan fingerprint density at radius 1 is 1.18 bits per heavy atom. The van der Waals surface area contributed by atoms with Crippen LogP contribution in [-0.2, 0) is 0 Å². The highest BCUT2D eigenvalue weighted by atomic mass is 16.6. The molecule has 0 heterocycles. The van der Waals surface area contributed by atoms with Crippen LogP contribution in [0.1, 0.15) is 33.6 Å². The third-order valence-corrected chi connectivity index (χ3v) is 2.67. The van der Waals surface area contributed by atoms with E-state index in [0.717, 1.165) is 12.1 Å². The minimum Gasteiger partial charge on any atom is -0.383 e. The maximum absolute atomic E-state index is 10.5. The van der Waals surface area contributed by atoms with E-state index in [9.17, 15) is 10.1 Å². The Bertz CT molecular complexity index is 360. The van der Waals surface area contributed by atoms with Crippen molar-refractivity contribution in [2.45, 2.75) is 39.7 Å². The van der Waals surface area contributed by atoms with Crippen molar-refractivity contribution in [2.75, 3.05) is 5.32 Å². The molecular weight excluding hydrogens is 216 g/mol. The van der Waals surface area contributed by atoms with Crippen molar-refractivity contribution in [2.24, 2.45) is 5.92 Å². The molecular formula is C13H20N2O2. The molecule has 0 saturated carbocycles. The molecule has 1 unspecified atom stereocenters. The van der Waals surface area contributed by atoms with E-state index in [1.807, 2.05) is 0 Å². The van der Waals surface area contributed by atoms with Gasteiger partial charge in [0, 0.05) is 23.9 Å². The van der Waals surface area contributed by atoms with Gasteiger partial charge in [-0.15, -0.1) is 0 Å². The molecule has 1 atom stereocenters. The minimum atomic E-state index is -0.383. The summed E-state index contributed by atoms with van der Waals surface area (Å²) in [4.78, 5) is 10.1. The van der Waals surface area contributed by atoms with Gasteiger partial charge in [0.2, 0.25) is 0 Å². The third-order valence-electron chi connectivity index (χ3n) is 2.67. The second-order valence-electron chi connectivity index (χ2n) is 4.82. The van der Waals surface area contributed by atoms with Crippen molar-refractivity contribution in [1.82, 2.24) is 0 Å². The molecule has 0 radical (unpaired) electrons. The van der Waals surface area contributed by atoms with Crippen LogP contribution in [0.25, 0.3) is 0 Å². The Kier molecular flexibility index (Phi) is 4.94. The predicted molar refractivity (Wildman–Crippen MR) is 70.3 cm³/mol. The molecule has 4 heteroatoms. The van der Waals surface area contributed by atoms with Gasteiger partial charge in [0.05, 0.1) is 4.92 Å². The Balaban J connectivity index is 2.48. The first-order valence-electron chi connectivity index (χ1n) is 6.00.